The van der Waals surface area contributed by atoms with Crippen LogP contribution in [-0.2, 0) is 6.61 Å². The average Bonchev–Trinajstić information content (AvgIpc) is 3.04. The summed E-state index contributed by atoms with van der Waals surface area (Å²) in [4.78, 5) is 14.8. The van der Waals surface area contributed by atoms with Crippen LogP contribution < -0.4 is 29.2 Å². The zero-order chi connectivity index (χ0) is 29.3. The van der Waals surface area contributed by atoms with Gasteiger partial charge in [-0.3, -0.25) is 4.90 Å². The summed E-state index contributed by atoms with van der Waals surface area (Å²) in [6.45, 7) is 0.333. The molecule has 0 aliphatic carbocycles. The van der Waals surface area contributed by atoms with E-state index < -0.39 is 0 Å². The van der Waals surface area contributed by atoms with Crippen LogP contribution in [0.25, 0.3) is 11.1 Å². The molecule has 0 bridgehead atoms. The zero-order valence-corrected chi connectivity index (χ0v) is 23.7. The van der Waals surface area contributed by atoms with Crippen molar-refractivity contribution in [2.45, 2.75) is 6.61 Å². The Morgan fingerprint density at radius 2 is 1.38 bits per heavy atom. The molecule has 0 aliphatic heterocycles. The van der Waals surface area contributed by atoms with Gasteiger partial charge in [0.25, 0.3) is 0 Å². The van der Waals surface area contributed by atoms with Gasteiger partial charge in [-0.2, -0.15) is 0 Å². The van der Waals surface area contributed by atoms with Gasteiger partial charge in [-0.25, -0.2) is 4.79 Å². The number of carbonyl (C=O) groups is 1. The van der Waals surface area contributed by atoms with Crippen molar-refractivity contribution in [3.8, 4) is 39.9 Å². The normalized spacial score (nSPS) is 10.5. The number of para-hydroxylation sites is 2. The smallest absolute Gasteiger partial charge is 0.326 e. The maximum atomic E-state index is 13.2. The average molecular weight is 561 g/mol. The molecule has 1 N–H and O–H groups in total. The van der Waals surface area contributed by atoms with Gasteiger partial charge in [0.2, 0.25) is 0 Å². The molecule has 42 heavy (non-hydrogen) atoms. The molecule has 5 rings (SSSR count). The number of carbonyl (C=O) groups excluding carboxylic acids is 1. The minimum Gasteiger partial charge on any atom is -0.497 e. The number of ether oxygens (including phenoxy) is 4. The Kier molecular flexibility index (Phi) is 8.89. The third-order valence-corrected chi connectivity index (χ3v) is 6.61. The lowest BCUT2D eigenvalue weighted by molar-refractivity contribution is 0.258. The van der Waals surface area contributed by atoms with Crippen molar-refractivity contribution in [2.75, 3.05) is 31.5 Å². The highest BCUT2D eigenvalue weighted by Crippen LogP contribution is 2.33. The van der Waals surface area contributed by atoms with Gasteiger partial charge in [-0.15, -0.1) is 0 Å². The number of methoxy groups -OCH3 is 2. The Labute approximate surface area is 245 Å². The van der Waals surface area contributed by atoms with Gasteiger partial charge < -0.3 is 24.3 Å². The number of hydrogen-bond donors (Lipinski definition) is 1. The number of hydrogen-bond acceptors (Lipinski definition) is 5. The molecule has 0 spiro atoms. The minimum absolute atomic E-state index is 0.277. The summed E-state index contributed by atoms with van der Waals surface area (Å²) < 4.78 is 22.9. The second-order valence-electron chi connectivity index (χ2n) is 9.49. The fourth-order valence-electron chi connectivity index (χ4n) is 4.41. The van der Waals surface area contributed by atoms with E-state index in [9.17, 15) is 4.79 Å². The maximum absolute atomic E-state index is 13.2. The molecule has 7 nitrogen and oxygen atoms in total. The molecule has 0 saturated carbocycles. The predicted octanol–water partition coefficient (Wildman–Crippen LogP) is 8.41. The van der Waals surface area contributed by atoms with Crippen LogP contribution in [0.4, 0.5) is 16.2 Å². The third kappa shape index (κ3) is 7.01. The summed E-state index contributed by atoms with van der Waals surface area (Å²) in [5.74, 6) is 3.48. The number of urea groups is 1. The van der Waals surface area contributed by atoms with Crippen LogP contribution in [0.5, 0.6) is 28.7 Å². The molecular formula is C35H32N2O5. The number of benzene rings is 5. The molecule has 0 heterocycles. The molecule has 0 atom stereocenters. The highest BCUT2D eigenvalue weighted by atomic mass is 16.5. The lowest BCUT2D eigenvalue weighted by Crippen LogP contribution is -2.31. The summed E-state index contributed by atoms with van der Waals surface area (Å²) in [5.41, 5.74) is 4.11. The molecule has 5 aromatic rings. The first-order valence-electron chi connectivity index (χ1n) is 13.4. The van der Waals surface area contributed by atoms with E-state index in [-0.39, 0.29) is 6.03 Å². The number of nitrogens with one attached hydrogen (secondary N) is 1. The quantitative estimate of drug-likeness (QED) is 0.186. The monoisotopic (exact) mass is 560 g/mol. The van der Waals surface area contributed by atoms with Gasteiger partial charge in [-0.1, -0.05) is 54.6 Å². The van der Waals surface area contributed by atoms with Crippen molar-refractivity contribution in [3.63, 3.8) is 0 Å². The Balaban J connectivity index is 1.29. The fraction of sp³-hybridized carbons (Fsp3) is 0.114. The lowest BCUT2D eigenvalue weighted by atomic mass is 10.0. The van der Waals surface area contributed by atoms with Crippen molar-refractivity contribution in [2.24, 2.45) is 0 Å². The molecule has 0 radical (unpaired) electrons. The second-order valence-corrected chi connectivity index (χ2v) is 9.49. The van der Waals surface area contributed by atoms with Crippen molar-refractivity contribution in [3.05, 3.63) is 127 Å². The van der Waals surface area contributed by atoms with Crippen LogP contribution in [-0.4, -0.2) is 27.3 Å². The van der Waals surface area contributed by atoms with Crippen molar-refractivity contribution >= 4 is 17.4 Å². The third-order valence-electron chi connectivity index (χ3n) is 6.61. The fourth-order valence-corrected chi connectivity index (χ4v) is 4.41. The van der Waals surface area contributed by atoms with Gasteiger partial charge in [0.15, 0.2) is 0 Å². The van der Waals surface area contributed by atoms with Crippen LogP contribution in [0.1, 0.15) is 5.56 Å². The predicted molar refractivity (Wildman–Crippen MR) is 166 cm³/mol. The molecule has 2 amide bonds. The molecule has 5 aromatic carbocycles. The van der Waals surface area contributed by atoms with Gasteiger partial charge >= 0.3 is 6.03 Å². The molecule has 0 unspecified atom stereocenters. The van der Waals surface area contributed by atoms with E-state index in [0.717, 1.165) is 33.9 Å². The van der Waals surface area contributed by atoms with E-state index in [2.05, 4.69) is 5.32 Å². The number of amides is 2. The van der Waals surface area contributed by atoms with Gasteiger partial charge in [0.05, 0.1) is 14.2 Å². The Bertz CT molecular complexity index is 1630. The number of nitrogens with zero attached hydrogens (tertiary/aromatic N) is 1. The number of anilines is 2. The summed E-state index contributed by atoms with van der Waals surface area (Å²) in [5, 5.41) is 2.96. The Morgan fingerprint density at radius 1 is 0.690 bits per heavy atom. The minimum atomic E-state index is -0.277. The maximum Gasteiger partial charge on any atom is 0.326 e. The number of rotatable bonds is 10. The summed E-state index contributed by atoms with van der Waals surface area (Å²) in [7, 11) is 4.98. The molecule has 0 aliphatic rings. The standard InChI is InChI=1S/C35H32N2O5/c1-37(35(38)36-27-12-10-16-30(22-27)42-29-14-5-4-6-15-29)28-13-9-11-26(21-28)33-17-7-8-18-34(33)41-24-25-19-31(39-2)23-32(20-25)40-3/h4-23H,24H2,1-3H3,(H,36,38). The summed E-state index contributed by atoms with van der Waals surface area (Å²) >= 11 is 0. The van der Waals surface area contributed by atoms with Crippen molar-refractivity contribution in [1.29, 1.82) is 0 Å². The molecule has 0 fully saturated rings. The van der Waals surface area contributed by atoms with E-state index >= 15 is 0 Å². The second kappa shape index (κ2) is 13.3. The van der Waals surface area contributed by atoms with E-state index in [4.69, 9.17) is 18.9 Å². The van der Waals surface area contributed by atoms with Crippen LogP contribution >= 0.6 is 0 Å². The highest BCUT2D eigenvalue weighted by Gasteiger charge is 2.14. The van der Waals surface area contributed by atoms with Crippen molar-refractivity contribution < 1.29 is 23.7 Å². The Hall–Kier alpha value is -5.43. The first-order chi connectivity index (χ1) is 20.5. The summed E-state index contributed by atoms with van der Waals surface area (Å²) in [6, 6.07) is 37.8. The van der Waals surface area contributed by atoms with Gasteiger partial charge in [0.1, 0.15) is 35.4 Å². The molecule has 212 valence electrons. The van der Waals surface area contributed by atoms with Crippen LogP contribution in [0.3, 0.4) is 0 Å². The van der Waals surface area contributed by atoms with Crippen LogP contribution in [0.15, 0.2) is 121 Å². The lowest BCUT2D eigenvalue weighted by Gasteiger charge is -2.20. The van der Waals surface area contributed by atoms with Crippen molar-refractivity contribution in [1.82, 2.24) is 0 Å². The topological polar surface area (TPSA) is 69.3 Å². The first-order valence-corrected chi connectivity index (χ1v) is 13.4. The zero-order valence-electron chi connectivity index (χ0n) is 23.7. The first kappa shape index (κ1) is 28.1. The molecule has 0 saturated heterocycles. The van der Waals surface area contributed by atoms with Gasteiger partial charge in [0, 0.05) is 36.1 Å². The van der Waals surface area contributed by atoms with Crippen LogP contribution in [0.2, 0.25) is 0 Å². The van der Waals surface area contributed by atoms with E-state index in [1.54, 1.807) is 32.2 Å². The molecule has 7 heteroatoms. The van der Waals surface area contributed by atoms with Gasteiger partial charge in [-0.05, 0) is 65.7 Å². The molecule has 0 aromatic heterocycles. The van der Waals surface area contributed by atoms with E-state index in [0.29, 0.717) is 29.5 Å². The summed E-state index contributed by atoms with van der Waals surface area (Å²) in [6.07, 6.45) is 0. The molecular weight excluding hydrogens is 528 g/mol. The largest absolute Gasteiger partial charge is 0.497 e. The van der Waals surface area contributed by atoms with Crippen LogP contribution in [0, 0.1) is 0 Å². The Morgan fingerprint density at radius 3 is 2.14 bits per heavy atom. The highest BCUT2D eigenvalue weighted by molar-refractivity contribution is 6.01. The SMILES string of the molecule is COc1cc(COc2ccccc2-c2cccc(N(C)C(=O)Nc3cccc(Oc4ccccc4)c3)c2)cc(OC)c1. The van der Waals surface area contributed by atoms with E-state index in [1.807, 2.05) is 115 Å². The van der Waals surface area contributed by atoms with E-state index in [1.165, 1.54) is 0 Å².